The smallest absolute Gasteiger partial charge is 0.543 e. The second-order valence-electron chi connectivity index (χ2n) is 6.59. The first-order valence-corrected chi connectivity index (χ1v) is 9.80. The van der Waals surface area contributed by atoms with Crippen LogP contribution in [0.1, 0.15) is 84.5 Å². The molecule has 2 rings (SSSR count). The molecule has 6 nitrogen and oxygen atoms in total. The van der Waals surface area contributed by atoms with Gasteiger partial charge in [-0.15, -0.1) is 0 Å². The fourth-order valence-electron chi connectivity index (χ4n) is 2.54. The Kier molecular flexibility index (Phi) is 15.5. The molecule has 0 bridgehead atoms. The summed E-state index contributed by atoms with van der Waals surface area (Å²) >= 11 is 0. The molecule has 0 amide bonds. The molecule has 0 fully saturated rings. The van der Waals surface area contributed by atoms with Crippen molar-refractivity contribution in [3.8, 4) is 0 Å². The van der Waals surface area contributed by atoms with Crippen molar-refractivity contribution in [2.24, 2.45) is 0 Å². The van der Waals surface area contributed by atoms with Gasteiger partial charge in [-0.2, -0.15) is 0 Å². The Morgan fingerprint density at radius 2 is 1.10 bits per heavy atom. The summed E-state index contributed by atoms with van der Waals surface area (Å²) in [7, 11) is 0. The Hall–Kier alpha value is -1.50. The molecule has 152 valence electrons. The maximum atomic E-state index is 10.4. The van der Waals surface area contributed by atoms with Gasteiger partial charge in [0.05, 0.1) is 23.3 Å². The van der Waals surface area contributed by atoms with Gasteiger partial charge in [0.1, 0.15) is 0 Å². The van der Waals surface area contributed by atoms with Crippen molar-refractivity contribution in [3.63, 3.8) is 0 Å². The molecule has 29 heavy (non-hydrogen) atoms. The number of pyridine rings is 2. The standard InChI is InChI=1S/2C11H15NO2.Ca/c2*1-2-3-4-5-9-6-7-10(11(13)14)12-8-9;/h2*6-8H,2-5H2,1H3,(H,13,14);/q;;+2/p-2. The molecule has 0 saturated carbocycles. The zero-order valence-corrected chi connectivity index (χ0v) is 19.6. The molecule has 2 aromatic rings. The molecule has 0 saturated heterocycles. The summed E-state index contributed by atoms with van der Waals surface area (Å²) in [6.45, 7) is 4.30. The molecule has 0 unspecified atom stereocenters. The minimum Gasteiger partial charge on any atom is -0.543 e. The van der Waals surface area contributed by atoms with E-state index in [1.54, 1.807) is 24.5 Å². The maximum absolute atomic E-state index is 10.4. The van der Waals surface area contributed by atoms with Crippen molar-refractivity contribution in [3.05, 3.63) is 59.2 Å². The quantitative estimate of drug-likeness (QED) is 0.426. The van der Waals surface area contributed by atoms with Crippen LogP contribution < -0.4 is 10.2 Å². The van der Waals surface area contributed by atoms with Gasteiger partial charge in [-0.1, -0.05) is 51.7 Å². The molecule has 2 aromatic heterocycles. The number of carbonyl (C=O) groups excluding carboxylic acids is 2. The Bertz CT molecular complexity index is 655. The summed E-state index contributed by atoms with van der Waals surface area (Å²) in [6.07, 6.45) is 12.2. The fourth-order valence-corrected chi connectivity index (χ4v) is 2.54. The van der Waals surface area contributed by atoms with E-state index in [9.17, 15) is 19.8 Å². The monoisotopic (exact) mass is 424 g/mol. The van der Waals surface area contributed by atoms with Crippen LogP contribution in [0.25, 0.3) is 0 Å². The number of aromatic carboxylic acids is 2. The normalized spacial score (nSPS) is 9.72. The van der Waals surface area contributed by atoms with Crippen LogP contribution in [0, 0.1) is 0 Å². The van der Waals surface area contributed by atoms with Gasteiger partial charge >= 0.3 is 37.7 Å². The van der Waals surface area contributed by atoms with E-state index in [4.69, 9.17) is 0 Å². The average molecular weight is 425 g/mol. The number of carbonyl (C=O) groups is 2. The van der Waals surface area contributed by atoms with Crippen LogP contribution >= 0.6 is 0 Å². The molecule has 0 aliphatic rings. The summed E-state index contributed by atoms with van der Waals surface area (Å²) in [6, 6.07) is 6.59. The Labute approximate surface area is 202 Å². The third kappa shape index (κ3) is 11.9. The molecule has 0 atom stereocenters. The van der Waals surface area contributed by atoms with Gasteiger partial charge in [0.2, 0.25) is 0 Å². The number of hydrogen-bond acceptors (Lipinski definition) is 6. The van der Waals surface area contributed by atoms with Crippen molar-refractivity contribution in [1.29, 1.82) is 0 Å². The van der Waals surface area contributed by atoms with E-state index in [1.165, 1.54) is 37.8 Å². The number of carboxylic acids is 2. The van der Waals surface area contributed by atoms with E-state index in [2.05, 4.69) is 23.8 Å². The number of rotatable bonds is 10. The Morgan fingerprint density at radius 3 is 1.34 bits per heavy atom. The van der Waals surface area contributed by atoms with Gasteiger partial charge in [-0.05, 0) is 48.9 Å². The van der Waals surface area contributed by atoms with E-state index < -0.39 is 11.9 Å². The summed E-state index contributed by atoms with van der Waals surface area (Å²) < 4.78 is 0. The Morgan fingerprint density at radius 1 is 0.724 bits per heavy atom. The molecule has 7 heteroatoms. The van der Waals surface area contributed by atoms with Gasteiger partial charge < -0.3 is 19.8 Å². The zero-order valence-electron chi connectivity index (χ0n) is 17.4. The second-order valence-corrected chi connectivity index (χ2v) is 6.59. The summed E-state index contributed by atoms with van der Waals surface area (Å²) in [5.41, 5.74) is 2.18. The largest absolute Gasteiger partial charge is 2.00 e. The van der Waals surface area contributed by atoms with E-state index in [1.807, 2.05) is 0 Å². The third-order valence-corrected chi connectivity index (χ3v) is 4.21. The maximum Gasteiger partial charge on any atom is 2.00 e. The van der Waals surface area contributed by atoms with Crippen molar-refractivity contribution < 1.29 is 19.8 Å². The molecule has 0 N–H and O–H groups in total. The average Bonchev–Trinajstić information content (AvgIpc) is 2.70. The van der Waals surface area contributed by atoms with Gasteiger partial charge in [0.15, 0.2) is 0 Å². The predicted octanol–water partition coefficient (Wildman–Crippen LogP) is 1.97. The molecule has 0 radical (unpaired) electrons. The van der Waals surface area contributed by atoms with Gasteiger partial charge in [-0.3, -0.25) is 9.97 Å². The Balaban J connectivity index is 0.000000523. The number of unbranched alkanes of at least 4 members (excludes halogenated alkanes) is 4. The first-order valence-electron chi connectivity index (χ1n) is 9.80. The zero-order chi connectivity index (χ0) is 20.8. The summed E-state index contributed by atoms with van der Waals surface area (Å²) in [4.78, 5) is 28.4. The van der Waals surface area contributed by atoms with Crippen molar-refractivity contribution in [2.75, 3.05) is 0 Å². The van der Waals surface area contributed by atoms with Crippen LogP contribution in [0.3, 0.4) is 0 Å². The fraction of sp³-hybridized carbons (Fsp3) is 0.455. The number of hydrogen-bond donors (Lipinski definition) is 0. The predicted molar refractivity (Wildman–Crippen MR) is 109 cm³/mol. The molecule has 0 aliphatic heterocycles. The second kappa shape index (κ2) is 16.3. The summed E-state index contributed by atoms with van der Waals surface area (Å²) in [5.74, 6) is -2.43. The van der Waals surface area contributed by atoms with Crippen molar-refractivity contribution in [2.45, 2.75) is 65.2 Å². The minimum absolute atomic E-state index is 0. The number of aryl methyl sites for hydroxylation is 2. The van der Waals surface area contributed by atoms with Crippen LogP contribution in [0.4, 0.5) is 0 Å². The first-order chi connectivity index (χ1) is 13.5. The van der Waals surface area contributed by atoms with E-state index in [0.717, 1.165) is 36.8 Å². The number of aromatic nitrogens is 2. The topological polar surface area (TPSA) is 106 Å². The number of carboxylic acid groups (broad SMARTS) is 2. The molecule has 0 spiro atoms. The van der Waals surface area contributed by atoms with Crippen LogP contribution in [0.2, 0.25) is 0 Å². The van der Waals surface area contributed by atoms with Crippen LogP contribution in [-0.2, 0) is 12.8 Å². The van der Waals surface area contributed by atoms with Crippen molar-refractivity contribution >= 4 is 49.7 Å². The first kappa shape index (κ1) is 27.5. The molecule has 2 heterocycles. The molecule has 0 aliphatic carbocycles. The number of nitrogens with zero attached hydrogens (tertiary/aromatic N) is 2. The SMILES string of the molecule is CCCCCc1ccc(C(=O)[O-])nc1.CCCCCc1ccc(C(=O)[O-])nc1.[Ca+2]. The van der Waals surface area contributed by atoms with Gasteiger partial charge in [0, 0.05) is 12.4 Å². The van der Waals surface area contributed by atoms with E-state index >= 15 is 0 Å². The molecular formula is C22H28CaN2O4. The van der Waals surface area contributed by atoms with E-state index in [0.29, 0.717) is 0 Å². The van der Waals surface area contributed by atoms with E-state index in [-0.39, 0.29) is 49.1 Å². The van der Waals surface area contributed by atoms with Crippen LogP contribution in [0.15, 0.2) is 36.7 Å². The third-order valence-electron chi connectivity index (χ3n) is 4.21. The summed E-state index contributed by atoms with van der Waals surface area (Å²) in [5, 5.41) is 20.8. The molecular weight excluding hydrogens is 396 g/mol. The van der Waals surface area contributed by atoms with Crippen LogP contribution in [-0.4, -0.2) is 59.6 Å². The minimum atomic E-state index is -1.22. The van der Waals surface area contributed by atoms with Crippen molar-refractivity contribution in [1.82, 2.24) is 9.97 Å². The van der Waals surface area contributed by atoms with Gasteiger partial charge in [-0.25, -0.2) is 0 Å². The molecule has 0 aromatic carbocycles. The van der Waals surface area contributed by atoms with Gasteiger partial charge in [0.25, 0.3) is 0 Å². The van der Waals surface area contributed by atoms with Crippen LogP contribution in [0.5, 0.6) is 0 Å².